The molecule has 1 aliphatic rings. The van der Waals surface area contributed by atoms with Crippen molar-refractivity contribution in [2.45, 2.75) is 46.0 Å². The van der Waals surface area contributed by atoms with Crippen molar-refractivity contribution in [3.05, 3.63) is 24.0 Å². The lowest BCUT2D eigenvalue weighted by Gasteiger charge is -1.80. The van der Waals surface area contributed by atoms with Crippen molar-refractivity contribution in [2.75, 3.05) is 0 Å². The van der Waals surface area contributed by atoms with Crippen LogP contribution in [-0.2, 0) is 0 Å². The maximum atomic E-state index is 8.59. The van der Waals surface area contributed by atoms with Crippen molar-refractivity contribution < 1.29 is 5.11 Å². The second-order valence-electron chi connectivity index (χ2n) is 2.95. The molecule has 1 N–H and O–H groups in total. The number of unbranched alkanes of at least 4 members (excludes halogenated alkanes) is 1. The Kier molecular flexibility index (Phi) is 7.87. The fourth-order valence-electron chi connectivity index (χ4n) is 0.987. The van der Waals surface area contributed by atoms with Gasteiger partial charge in [0, 0.05) is 6.42 Å². The van der Waals surface area contributed by atoms with Crippen LogP contribution in [0.5, 0.6) is 0 Å². The first kappa shape index (κ1) is 11.3. The topological polar surface area (TPSA) is 20.2 Å². The van der Waals surface area contributed by atoms with Gasteiger partial charge in [0.15, 0.2) is 0 Å². The molecule has 0 atom stereocenters. The number of allylic oxidation sites excluding steroid dienone is 4. The Morgan fingerprint density at radius 2 is 2.33 bits per heavy atom. The number of aliphatic hydroxyl groups is 1. The van der Waals surface area contributed by atoms with E-state index in [0.29, 0.717) is 5.76 Å². The Hall–Kier alpha value is -0.720. The van der Waals surface area contributed by atoms with Gasteiger partial charge >= 0.3 is 0 Å². The third-order valence-electron chi connectivity index (χ3n) is 1.71. The van der Waals surface area contributed by atoms with Crippen molar-refractivity contribution in [1.82, 2.24) is 0 Å². The molecule has 1 heteroatoms. The van der Waals surface area contributed by atoms with Crippen molar-refractivity contribution in [2.24, 2.45) is 0 Å². The van der Waals surface area contributed by atoms with Crippen LogP contribution in [0.2, 0.25) is 0 Å². The summed E-state index contributed by atoms with van der Waals surface area (Å²) in [4.78, 5) is 0. The Balaban J connectivity index is 0.000000202. The van der Waals surface area contributed by atoms with E-state index in [9.17, 15) is 0 Å². The van der Waals surface area contributed by atoms with Gasteiger partial charge in [-0.3, -0.25) is 0 Å². The fourth-order valence-corrected chi connectivity index (χ4v) is 0.987. The second kappa shape index (κ2) is 8.38. The predicted molar refractivity (Wildman–Crippen MR) is 54.3 cm³/mol. The minimum absolute atomic E-state index is 0.579. The molecule has 70 valence electrons. The van der Waals surface area contributed by atoms with Gasteiger partial charge in [-0.15, -0.1) is 0 Å². The zero-order valence-electron chi connectivity index (χ0n) is 8.21. The highest BCUT2D eigenvalue weighted by Crippen LogP contribution is 2.13. The zero-order valence-corrected chi connectivity index (χ0v) is 8.21. The summed E-state index contributed by atoms with van der Waals surface area (Å²) < 4.78 is 0. The minimum Gasteiger partial charge on any atom is -0.513 e. The largest absolute Gasteiger partial charge is 0.513 e. The molecule has 0 unspecified atom stereocenters. The molecule has 0 saturated carbocycles. The van der Waals surface area contributed by atoms with E-state index >= 15 is 0 Å². The van der Waals surface area contributed by atoms with Crippen molar-refractivity contribution in [3.63, 3.8) is 0 Å². The molecule has 0 heterocycles. The molecular formula is C11H20O. The number of hydrogen-bond donors (Lipinski definition) is 1. The molecular weight excluding hydrogens is 148 g/mol. The highest BCUT2D eigenvalue weighted by molar-refractivity contribution is 4.96. The van der Waals surface area contributed by atoms with Crippen LogP contribution in [-0.4, -0.2) is 5.11 Å². The van der Waals surface area contributed by atoms with Crippen molar-refractivity contribution in [3.8, 4) is 0 Å². The first-order valence-electron chi connectivity index (χ1n) is 4.80. The molecule has 0 aliphatic heterocycles. The summed E-state index contributed by atoms with van der Waals surface area (Å²) in [5.74, 6) is 0.579. The molecule has 0 radical (unpaired) electrons. The lowest BCUT2D eigenvalue weighted by Crippen LogP contribution is -1.66. The van der Waals surface area contributed by atoms with Crippen LogP contribution in [0.1, 0.15) is 46.0 Å². The summed E-state index contributed by atoms with van der Waals surface area (Å²) in [5, 5.41) is 8.59. The summed E-state index contributed by atoms with van der Waals surface area (Å²) >= 11 is 0. The first-order valence-corrected chi connectivity index (χ1v) is 4.80. The number of aliphatic hydroxyl groups excluding tert-OH is 1. The first-order chi connectivity index (χ1) is 5.81. The van der Waals surface area contributed by atoms with Gasteiger partial charge < -0.3 is 5.11 Å². The molecule has 0 fully saturated rings. The van der Waals surface area contributed by atoms with Gasteiger partial charge in [-0.1, -0.05) is 25.5 Å². The van der Waals surface area contributed by atoms with Crippen LogP contribution >= 0.6 is 0 Å². The summed E-state index contributed by atoms with van der Waals surface area (Å²) in [7, 11) is 0. The van der Waals surface area contributed by atoms with Crippen LogP contribution in [0.25, 0.3) is 0 Å². The second-order valence-corrected chi connectivity index (χ2v) is 2.95. The van der Waals surface area contributed by atoms with Gasteiger partial charge in [0.2, 0.25) is 0 Å². The minimum atomic E-state index is 0.579. The monoisotopic (exact) mass is 168 g/mol. The predicted octanol–water partition coefficient (Wildman–Crippen LogP) is 3.97. The Labute approximate surface area is 75.8 Å². The normalized spacial score (nSPS) is 15.7. The standard InChI is InChI=1S/C6H12.C5H8O/c1-3-5-6-4-2;6-5-3-1-2-4-5/h3,5H,4,6H2,1-2H3;3,6H,1-2,4H2. The average Bonchev–Trinajstić information content (AvgIpc) is 2.53. The molecule has 0 aromatic rings. The van der Waals surface area contributed by atoms with Gasteiger partial charge in [-0.25, -0.2) is 0 Å². The molecule has 12 heavy (non-hydrogen) atoms. The van der Waals surface area contributed by atoms with E-state index in [1.54, 1.807) is 0 Å². The van der Waals surface area contributed by atoms with Crippen LogP contribution in [0.3, 0.4) is 0 Å². The number of hydrogen-bond acceptors (Lipinski definition) is 1. The lowest BCUT2D eigenvalue weighted by molar-refractivity contribution is 0.397. The molecule has 0 bridgehead atoms. The summed E-state index contributed by atoms with van der Waals surface area (Å²) in [6.45, 7) is 4.23. The highest BCUT2D eigenvalue weighted by atomic mass is 16.3. The van der Waals surface area contributed by atoms with Gasteiger partial charge in [-0.2, -0.15) is 0 Å². The van der Waals surface area contributed by atoms with Gasteiger partial charge in [0.05, 0.1) is 5.76 Å². The summed E-state index contributed by atoms with van der Waals surface area (Å²) in [5.41, 5.74) is 0. The molecule has 0 aromatic heterocycles. The molecule has 0 spiro atoms. The SMILES string of the molecule is CC=CCCC.OC1=CCCC1. The van der Waals surface area contributed by atoms with Gasteiger partial charge in [0.1, 0.15) is 0 Å². The zero-order chi connectivity index (χ0) is 9.23. The van der Waals surface area contributed by atoms with Crippen LogP contribution in [0.15, 0.2) is 24.0 Å². The van der Waals surface area contributed by atoms with E-state index in [1.165, 1.54) is 12.8 Å². The van der Waals surface area contributed by atoms with Gasteiger partial charge in [-0.05, 0) is 32.3 Å². The van der Waals surface area contributed by atoms with Gasteiger partial charge in [0.25, 0.3) is 0 Å². The van der Waals surface area contributed by atoms with E-state index in [2.05, 4.69) is 26.0 Å². The van der Waals surface area contributed by atoms with Crippen molar-refractivity contribution in [1.29, 1.82) is 0 Å². The highest BCUT2D eigenvalue weighted by Gasteiger charge is 1.98. The lowest BCUT2D eigenvalue weighted by atomic mass is 10.3. The molecule has 1 aliphatic carbocycles. The Morgan fingerprint density at radius 3 is 2.50 bits per heavy atom. The van der Waals surface area contributed by atoms with Crippen molar-refractivity contribution >= 4 is 0 Å². The molecule has 0 amide bonds. The van der Waals surface area contributed by atoms with E-state index < -0.39 is 0 Å². The Morgan fingerprint density at radius 1 is 1.58 bits per heavy atom. The quantitative estimate of drug-likeness (QED) is 0.618. The summed E-state index contributed by atoms with van der Waals surface area (Å²) in [6, 6.07) is 0. The van der Waals surface area contributed by atoms with E-state index in [1.807, 2.05) is 6.08 Å². The van der Waals surface area contributed by atoms with Crippen LogP contribution in [0, 0.1) is 0 Å². The maximum Gasteiger partial charge on any atom is 0.0882 e. The smallest absolute Gasteiger partial charge is 0.0882 e. The molecule has 0 saturated heterocycles. The molecule has 0 aromatic carbocycles. The van der Waals surface area contributed by atoms with Crippen LogP contribution in [0.4, 0.5) is 0 Å². The fraction of sp³-hybridized carbons (Fsp3) is 0.636. The Bertz CT molecular complexity index is 145. The van der Waals surface area contributed by atoms with E-state index in [-0.39, 0.29) is 0 Å². The summed E-state index contributed by atoms with van der Waals surface area (Å²) in [6.07, 6.45) is 11.8. The van der Waals surface area contributed by atoms with Crippen LogP contribution < -0.4 is 0 Å². The number of rotatable bonds is 2. The van der Waals surface area contributed by atoms with E-state index in [4.69, 9.17) is 5.11 Å². The molecule has 1 nitrogen and oxygen atoms in total. The maximum absolute atomic E-state index is 8.59. The third-order valence-corrected chi connectivity index (χ3v) is 1.71. The third kappa shape index (κ3) is 7.39. The van der Waals surface area contributed by atoms with E-state index in [0.717, 1.165) is 19.3 Å². The average molecular weight is 168 g/mol. The molecule has 1 rings (SSSR count).